The maximum atomic E-state index is 14.1. The van der Waals surface area contributed by atoms with E-state index in [0.717, 1.165) is 66.2 Å². The average molecular weight is 1550 g/mol. The molecule has 0 saturated heterocycles. The van der Waals surface area contributed by atoms with E-state index in [4.69, 9.17) is 48.4 Å². The molecule has 0 amide bonds. The second-order valence-electron chi connectivity index (χ2n) is 26.3. The fourth-order valence-electron chi connectivity index (χ4n) is 11.9. The molecule has 3 heterocycles. The molecule has 9 aromatic carbocycles. The molecule has 0 aliphatic carbocycles. The normalized spacial score (nSPS) is 11.9. The fourth-order valence-corrected chi connectivity index (χ4v) is 12.7. The third-order valence-corrected chi connectivity index (χ3v) is 19.0. The number of carbonyl (C=O) groups is 3. The number of fused-ring (bicyclic) bond motifs is 3. The summed E-state index contributed by atoms with van der Waals surface area (Å²) in [7, 11) is -1.44. The summed E-state index contributed by atoms with van der Waals surface area (Å²) in [6.45, 7) is 8.04. The Bertz CT molecular complexity index is 5410. The van der Waals surface area contributed by atoms with Crippen LogP contribution in [-0.2, 0) is 73.9 Å². The van der Waals surface area contributed by atoms with Crippen molar-refractivity contribution in [1.82, 2.24) is 4.72 Å². The molecule has 112 heavy (non-hydrogen) atoms. The van der Waals surface area contributed by atoms with Crippen molar-refractivity contribution >= 4 is 74.2 Å². The number of carboxylic acids is 1. The zero-order valence-electron chi connectivity index (χ0n) is 62.3. The predicted octanol–water partition coefficient (Wildman–Crippen LogP) is 14.7. The number of nitriles is 3. The summed E-state index contributed by atoms with van der Waals surface area (Å²) < 4.78 is 101. The molecule has 4 atom stereocenters. The number of hydrogen-bond acceptors (Lipinski definition) is 18. The SMILES string of the molecule is CCOC(=O)Cc1ccc(C#N)cc1OCc1cc(-c2cccc(C(CF)N[S@](=O)C(C)(C)C)c2)c2occc2c1.CCOC(=O)Cc1ccc(C#N)cc1OCc1cc(-c2cccc(C(N)CF)c2)c2occc2c1.Cl.N#Cc1ccc(CC(=O)O)c(OCc2cc(-c3cccc(C(N)CF)c3)c3occc3c2)c1.[Li+].[OH-]. The summed E-state index contributed by atoms with van der Waals surface area (Å²) in [4.78, 5) is 35.3. The van der Waals surface area contributed by atoms with Crippen LogP contribution in [0.15, 0.2) is 214 Å². The Morgan fingerprint density at radius 1 is 0.500 bits per heavy atom. The molecule has 0 fully saturated rings. The van der Waals surface area contributed by atoms with Crippen LogP contribution in [0.2, 0.25) is 0 Å². The van der Waals surface area contributed by atoms with Crippen molar-refractivity contribution in [3.05, 3.63) is 268 Å². The van der Waals surface area contributed by atoms with Gasteiger partial charge in [0.15, 0.2) is 0 Å². The second-order valence-corrected chi connectivity index (χ2v) is 28.3. The van der Waals surface area contributed by atoms with Crippen LogP contribution in [-0.4, -0.2) is 70.7 Å². The molecular formula is C86H81ClF3LiN6O14S. The number of nitrogens with zero attached hydrogens (tertiary/aromatic N) is 3. The molecule has 0 saturated carbocycles. The van der Waals surface area contributed by atoms with Gasteiger partial charge in [-0.2, -0.15) is 15.8 Å². The van der Waals surface area contributed by atoms with E-state index in [9.17, 15) is 52.7 Å². The molecule has 3 aromatic heterocycles. The minimum atomic E-state index is -1.44. The number of alkyl halides is 3. The van der Waals surface area contributed by atoms with Crippen molar-refractivity contribution in [3.8, 4) is 68.8 Å². The van der Waals surface area contributed by atoms with Crippen molar-refractivity contribution in [1.29, 1.82) is 15.8 Å². The number of halogens is 4. The van der Waals surface area contributed by atoms with E-state index in [2.05, 4.69) is 16.9 Å². The van der Waals surface area contributed by atoms with E-state index in [1.807, 2.05) is 136 Å². The van der Waals surface area contributed by atoms with Gasteiger partial charge in [0.05, 0.1) is 120 Å². The minimum Gasteiger partial charge on any atom is -0.870 e. The van der Waals surface area contributed by atoms with Gasteiger partial charge in [0.25, 0.3) is 0 Å². The van der Waals surface area contributed by atoms with Gasteiger partial charge in [0.1, 0.15) is 73.8 Å². The number of rotatable bonds is 28. The molecule has 20 nitrogen and oxygen atoms in total. The summed E-state index contributed by atoms with van der Waals surface area (Å²) in [5.41, 5.74) is 26.3. The summed E-state index contributed by atoms with van der Waals surface area (Å²) in [5, 5.41) is 39.7. The number of benzene rings is 9. The van der Waals surface area contributed by atoms with E-state index in [1.165, 1.54) is 6.07 Å². The fraction of sp³-hybridized carbons (Fsp3) is 0.233. The number of hydrogen-bond donors (Lipinski definition) is 4. The van der Waals surface area contributed by atoms with Crippen molar-refractivity contribution in [2.45, 2.75) is 96.6 Å². The van der Waals surface area contributed by atoms with Crippen LogP contribution in [0.4, 0.5) is 13.2 Å². The molecule has 0 bridgehead atoms. The Labute approximate surface area is 666 Å². The van der Waals surface area contributed by atoms with Gasteiger partial charge >= 0.3 is 36.8 Å². The van der Waals surface area contributed by atoms with Crippen molar-refractivity contribution < 1.29 is 98.1 Å². The zero-order valence-corrected chi connectivity index (χ0v) is 63.9. The Morgan fingerprint density at radius 2 is 0.839 bits per heavy atom. The van der Waals surface area contributed by atoms with E-state index in [1.54, 1.807) is 99.4 Å². The summed E-state index contributed by atoms with van der Waals surface area (Å²) in [5.74, 6) is -0.510. The largest absolute Gasteiger partial charge is 1.00 e. The van der Waals surface area contributed by atoms with E-state index in [0.29, 0.717) is 84.1 Å². The standard InChI is InChI=1S/C32H33FN2O5S.C28H25FN2O4.C26H21FN2O4.ClH.Li.H2O/c1-5-38-30(36)17-25-10-9-21(19-34)15-29(25)40-20-22-13-26-11-12-39-31(26)27(14-22)23-7-6-8-24(16-23)28(18-33)35-41(37)32(2,3)4;1-2-33-27(32)14-22-7-6-18(16-30)12-26(22)35-17-19-10-23-8-9-34-28(23)24(11-19)20-4-3-5-21(13-20)25(31)15-29;27-13-23(29)19-3-1-2-18(11-19)22-9-17(8-21-6-7-32-26(21)22)15-33-24-10-16(14-28)4-5-20(24)12-25(30)31;;;/h6-16,28,35H,5,17-18,20H2,1-4H3;3-13,25H,2,14-15,17,31H2,1H3;1-11,23H,12-13,15,29H2,(H,30,31);1H;;1H2/q;;;;+1;/p-1/t28?,41-;;;;;/m1...../s1. The van der Waals surface area contributed by atoms with Crippen LogP contribution in [0.5, 0.6) is 17.2 Å². The van der Waals surface area contributed by atoms with Crippen molar-refractivity contribution in [2.75, 3.05) is 33.2 Å². The van der Waals surface area contributed by atoms with Gasteiger partial charge in [-0.25, -0.2) is 22.1 Å². The van der Waals surface area contributed by atoms with Crippen LogP contribution >= 0.6 is 12.4 Å². The average Bonchev–Trinajstić information content (AvgIpc) is 1.57. The first kappa shape index (κ1) is 87.8. The van der Waals surface area contributed by atoms with Crippen molar-refractivity contribution in [2.24, 2.45) is 11.5 Å². The topological polar surface area (TPSA) is 340 Å². The van der Waals surface area contributed by atoms with Gasteiger partial charge in [-0.3, -0.25) is 14.4 Å². The Hall–Kier alpha value is -11.5. The number of esters is 2. The van der Waals surface area contributed by atoms with Crippen LogP contribution in [0.25, 0.3) is 66.3 Å². The molecule has 574 valence electrons. The molecule has 0 spiro atoms. The minimum absolute atomic E-state index is 0. The molecule has 26 heteroatoms. The van der Waals surface area contributed by atoms with Gasteiger partial charge in [-0.15, -0.1) is 12.4 Å². The van der Waals surface area contributed by atoms with Gasteiger partial charge in [0.2, 0.25) is 0 Å². The van der Waals surface area contributed by atoms with Crippen LogP contribution in [0.3, 0.4) is 0 Å². The number of aliphatic carboxylic acids is 1. The first-order valence-electron chi connectivity index (χ1n) is 34.8. The summed E-state index contributed by atoms with van der Waals surface area (Å²) >= 11 is 0. The molecule has 0 aliphatic heterocycles. The zero-order chi connectivity index (χ0) is 77.7. The number of furan rings is 3. The van der Waals surface area contributed by atoms with E-state index >= 15 is 0 Å². The van der Waals surface area contributed by atoms with Gasteiger partial charge in [-0.1, -0.05) is 72.8 Å². The van der Waals surface area contributed by atoms with Gasteiger partial charge in [0, 0.05) is 49.5 Å². The van der Waals surface area contributed by atoms with Crippen LogP contribution < -0.4 is 49.3 Å². The van der Waals surface area contributed by atoms with Crippen LogP contribution in [0.1, 0.15) is 120 Å². The molecule has 7 N–H and O–H groups in total. The number of carboxylic acid groups (broad SMARTS) is 1. The second kappa shape index (κ2) is 41.5. The number of ether oxygens (including phenoxy) is 5. The third-order valence-electron chi connectivity index (χ3n) is 17.4. The van der Waals surface area contributed by atoms with Gasteiger partial charge < -0.3 is 59.0 Å². The summed E-state index contributed by atoms with van der Waals surface area (Å²) in [6, 6.07) is 58.1. The van der Waals surface area contributed by atoms with E-state index < -0.39 is 59.9 Å². The van der Waals surface area contributed by atoms with E-state index in [-0.39, 0.29) is 101 Å². The molecule has 0 radical (unpaired) electrons. The number of nitrogens with two attached hydrogens (primary N) is 2. The van der Waals surface area contributed by atoms with Crippen molar-refractivity contribution in [3.63, 3.8) is 0 Å². The maximum Gasteiger partial charge on any atom is 1.00 e. The van der Waals surface area contributed by atoms with Gasteiger partial charge in [-0.05, 0) is 194 Å². The molecular weight excluding hydrogens is 1470 g/mol. The van der Waals surface area contributed by atoms with Crippen LogP contribution in [0, 0.1) is 34.0 Å². The molecule has 12 aromatic rings. The summed E-state index contributed by atoms with van der Waals surface area (Å²) in [6.07, 6.45) is 4.67. The number of carbonyl (C=O) groups excluding carboxylic acids is 2. The Balaban J connectivity index is 0.000000231. The Kier molecular flexibility index (Phi) is 32.6. The predicted molar refractivity (Wildman–Crippen MR) is 418 cm³/mol. The monoisotopic (exact) mass is 1550 g/mol. The maximum absolute atomic E-state index is 14.1. The first-order valence-corrected chi connectivity index (χ1v) is 36.0. The Morgan fingerprint density at radius 3 is 1.15 bits per heavy atom. The third kappa shape index (κ3) is 22.9. The molecule has 12 rings (SSSR count). The molecule has 3 unspecified atom stereocenters. The quantitative estimate of drug-likeness (QED) is 0.0261. The number of nitrogens with one attached hydrogen (secondary N) is 1. The smallest absolute Gasteiger partial charge is 0.870 e. The first-order chi connectivity index (χ1) is 52.6. The molecule has 0 aliphatic rings.